The number of carbonyl (C=O) groups excluding carboxylic acids is 1. The van der Waals surface area contributed by atoms with Gasteiger partial charge in [0.05, 0.1) is 12.7 Å². The molecule has 1 aromatic heterocycles. The van der Waals surface area contributed by atoms with E-state index in [1.807, 2.05) is 6.92 Å². The third kappa shape index (κ3) is 1.80. The molecule has 0 radical (unpaired) electrons. The van der Waals surface area contributed by atoms with Gasteiger partial charge in [0.25, 0.3) is 5.56 Å². The lowest BCUT2D eigenvalue weighted by atomic mass is 10.2. The number of aromatic nitrogens is 1. The van der Waals surface area contributed by atoms with Crippen molar-refractivity contribution in [2.24, 2.45) is 0 Å². The van der Waals surface area contributed by atoms with Crippen molar-refractivity contribution in [3.8, 4) is 0 Å². The van der Waals surface area contributed by atoms with Crippen molar-refractivity contribution in [3.63, 3.8) is 0 Å². The SMILES string of the molecule is COC(=O)c1cn(C2(C)CC2)c(=O)cc1Br. The quantitative estimate of drug-likeness (QED) is 0.780. The van der Waals surface area contributed by atoms with E-state index in [9.17, 15) is 9.59 Å². The number of rotatable bonds is 2. The molecule has 0 spiro atoms. The molecule has 0 saturated heterocycles. The van der Waals surface area contributed by atoms with Crippen molar-refractivity contribution in [1.29, 1.82) is 0 Å². The number of nitrogens with zero attached hydrogens (tertiary/aromatic N) is 1. The smallest absolute Gasteiger partial charge is 0.340 e. The van der Waals surface area contributed by atoms with Gasteiger partial charge in [0.2, 0.25) is 0 Å². The molecule has 1 saturated carbocycles. The summed E-state index contributed by atoms with van der Waals surface area (Å²) in [6, 6.07) is 1.41. The molecule has 0 bridgehead atoms. The summed E-state index contributed by atoms with van der Waals surface area (Å²) in [4.78, 5) is 23.2. The minimum absolute atomic E-state index is 0.0977. The molecule has 0 N–H and O–H groups in total. The maximum atomic E-state index is 11.8. The molecule has 1 aliphatic rings. The first kappa shape index (κ1) is 11.4. The lowest BCUT2D eigenvalue weighted by molar-refractivity contribution is 0.0598. The van der Waals surface area contributed by atoms with Gasteiger partial charge in [-0.05, 0) is 35.7 Å². The molecule has 0 aromatic carbocycles. The molecular formula is C11H12BrNO3. The molecule has 16 heavy (non-hydrogen) atoms. The fourth-order valence-corrected chi connectivity index (χ4v) is 2.07. The third-order valence-corrected chi connectivity index (χ3v) is 3.62. The second kappa shape index (κ2) is 3.73. The molecule has 2 rings (SSSR count). The van der Waals surface area contributed by atoms with Gasteiger partial charge in [0.15, 0.2) is 0 Å². The largest absolute Gasteiger partial charge is 0.465 e. The maximum Gasteiger partial charge on any atom is 0.340 e. The van der Waals surface area contributed by atoms with Crippen molar-refractivity contribution in [1.82, 2.24) is 4.57 Å². The molecule has 1 heterocycles. The van der Waals surface area contributed by atoms with Crippen LogP contribution in [0.2, 0.25) is 0 Å². The van der Waals surface area contributed by atoms with E-state index in [0.29, 0.717) is 10.0 Å². The van der Waals surface area contributed by atoms with Crippen LogP contribution in [-0.4, -0.2) is 17.6 Å². The zero-order valence-corrected chi connectivity index (χ0v) is 10.7. The second-order valence-corrected chi connectivity index (χ2v) is 5.09. The van der Waals surface area contributed by atoms with Gasteiger partial charge >= 0.3 is 5.97 Å². The van der Waals surface area contributed by atoms with Crippen molar-refractivity contribution < 1.29 is 9.53 Å². The molecule has 0 amide bonds. The van der Waals surface area contributed by atoms with E-state index >= 15 is 0 Å². The summed E-state index contributed by atoms with van der Waals surface area (Å²) < 4.78 is 6.75. The fourth-order valence-electron chi connectivity index (χ4n) is 1.61. The Morgan fingerprint density at radius 3 is 2.69 bits per heavy atom. The van der Waals surface area contributed by atoms with E-state index in [0.717, 1.165) is 12.8 Å². The highest BCUT2D eigenvalue weighted by Gasteiger charge is 2.40. The number of halogens is 1. The maximum absolute atomic E-state index is 11.8. The Hall–Kier alpha value is -1.10. The fraction of sp³-hybridized carbons (Fsp3) is 0.455. The van der Waals surface area contributed by atoms with Crippen molar-refractivity contribution >= 4 is 21.9 Å². The van der Waals surface area contributed by atoms with E-state index in [1.54, 1.807) is 10.8 Å². The average Bonchev–Trinajstić information content (AvgIpc) is 2.96. The first-order valence-electron chi connectivity index (χ1n) is 4.99. The van der Waals surface area contributed by atoms with Gasteiger partial charge in [-0.15, -0.1) is 0 Å². The first-order chi connectivity index (χ1) is 7.48. The Morgan fingerprint density at radius 2 is 2.19 bits per heavy atom. The third-order valence-electron chi connectivity index (χ3n) is 2.96. The number of methoxy groups -OCH3 is 1. The number of carbonyl (C=O) groups is 1. The van der Waals surface area contributed by atoms with E-state index in [2.05, 4.69) is 20.7 Å². The highest BCUT2D eigenvalue weighted by atomic mass is 79.9. The Kier molecular flexibility index (Phi) is 2.66. The molecule has 5 heteroatoms. The van der Waals surface area contributed by atoms with E-state index in [4.69, 9.17) is 0 Å². The molecule has 0 unspecified atom stereocenters. The van der Waals surface area contributed by atoms with Crippen LogP contribution in [0.5, 0.6) is 0 Å². The highest BCUT2D eigenvalue weighted by molar-refractivity contribution is 9.10. The molecule has 0 aliphatic heterocycles. The van der Waals surface area contributed by atoms with Gasteiger partial charge in [0, 0.05) is 22.3 Å². The predicted octanol–water partition coefficient (Wildman–Crippen LogP) is 1.91. The van der Waals surface area contributed by atoms with Crippen LogP contribution < -0.4 is 5.56 Å². The number of esters is 1. The zero-order valence-electron chi connectivity index (χ0n) is 9.12. The molecule has 1 aliphatic carbocycles. The zero-order chi connectivity index (χ0) is 11.9. The van der Waals surface area contributed by atoms with Crippen molar-refractivity contribution in [3.05, 3.63) is 32.7 Å². The van der Waals surface area contributed by atoms with E-state index < -0.39 is 5.97 Å². The second-order valence-electron chi connectivity index (χ2n) is 4.23. The van der Waals surface area contributed by atoms with Crippen LogP contribution in [0.4, 0.5) is 0 Å². The van der Waals surface area contributed by atoms with Gasteiger partial charge in [-0.3, -0.25) is 4.79 Å². The van der Waals surface area contributed by atoms with Crippen LogP contribution >= 0.6 is 15.9 Å². The molecule has 0 atom stereocenters. The Labute approximate surface area is 101 Å². The average molecular weight is 286 g/mol. The summed E-state index contributed by atoms with van der Waals surface area (Å²) in [7, 11) is 1.32. The van der Waals surface area contributed by atoms with Crippen LogP contribution in [0.1, 0.15) is 30.1 Å². The van der Waals surface area contributed by atoms with E-state index in [-0.39, 0.29) is 11.1 Å². The number of pyridine rings is 1. The summed E-state index contributed by atoms with van der Waals surface area (Å²) in [5.41, 5.74) is 0.162. The molecule has 86 valence electrons. The number of ether oxygens (including phenoxy) is 1. The summed E-state index contributed by atoms with van der Waals surface area (Å²) in [5.74, 6) is -0.440. The first-order valence-corrected chi connectivity index (χ1v) is 5.78. The Morgan fingerprint density at radius 1 is 1.56 bits per heavy atom. The monoisotopic (exact) mass is 285 g/mol. The summed E-state index contributed by atoms with van der Waals surface area (Å²) in [6.07, 6.45) is 3.51. The molecule has 1 fully saturated rings. The lowest BCUT2D eigenvalue weighted by Gasteiger charge is -2.14. The van der Waals surface area contributed by atoms with Gasteiger partial charge in [-0.2, -0.15) is 0 Å². The van der Waals surface area contributed by atoms with Crippen LogP contribution in [0.25, 0.3) is 0 Å². The Balaban J connectivity index is 2.56. The molecule has 1 aromatic rings. The minimum atomic E-state index is -0.440. The van der Waals surface area contributed by atoms with Crippen LogP contribution in [0.15, 0.2) is 21.5 Å². The van der Waals surface area contributed by atoms with Crippen LogP contribution in [-0.2, 0) is 10.3 Å². The van der Waals surface area contributed by atoms with Gasteiger partial charge in [-0.25, -0.2) is 4.79 Å². The minimum Gasteiger partial charge on any atom is -0.465 e. The van der Waals surface area contributed by atoms with Crippen molar-refractivity contribution in [2.45, 2.75) is 25.3 Å². The summed E-state index contributed by atoms with van der Waals surface area (Å²) in [5, 5.41) is 0. The lowest BCUT2D eigenvalue weighted by Crippen LogP contribution is -2.28. The van der Waals surface area contributed by atoms with Gasteiger partial charge < -0.3 is 9.30 Å². The summed E-state index contributed by atoms with van der Waals surface area (Å²) >= 11 is 3.20. The highest BCUT2D eigenvalue weighted by Crippen LogP contribution is 2.42. The van der Waals surface area contributed by atoms with E-state index in [1.165, 1.54) is 13.2 Å². The molecule has 4 nitrogen and oxygen atoms in total. The Bertz CT molecular complexity index is 502. The topological polar surface area (TPSA) is 48.3 Å². The van der Waals surface area contributed by atoms with Crippen molar-refractivity contribution in [2.75, 3.05) is 7.11 Å². The number of hydrogen-bond acceptors (Lipinski definition) is 3. The van der Waals surface area contributed by atoms with Gasteiger partial charge in [-0.1, -0.05) is 0 Å². The van der Waals surface area contributed by atoms with Gasteiger partial charge in [0.1, 0.15) is 0 Å². The van der Waals surface area contributed by atoms with Crippen LogP contribution in [0, 0.1) is 0 Å². The molecular weight excluding hydrogens is 274 g/mol. The standard InChI is InChI=1S/C11H12BrNO3/c1-11(3-4-11)13-6-7(10(15)16-2)8(12)5-9(13)14/h5-6H,3-4H2,1-2H3. The number of hydrogen-bond donors (Lipinski definition) is 0. The predicted molar refractivity (Wildman–Crippen MR) is 62.6 cm³/mol. The normalized spacial score (nSPS) is 16.9. The summed E-state index contributed by atoms with van der Waals surface area (Å²) in [6.45, 7) is 2.00. The van der Waals surface area contributed by atoms with Crippen LogP contribution in [0.3, 0.4) is 0 Å².